The van der Waals surface area contributed by atoms with Crippen LogP contribution in [0.2, 0.25) is 0 Å². The second-order valence-electron chi connectivity index (χ2n) is 4.49. The van der Waals surface area contributed by atoms with Crippen LogP contribution in [0.15, 0.2) is 54.6 Å². The Morgan fingerprint density at radius 2 is 1.65 bits per heavy atom. The molecule has 1 aliphatic heterocycles. The lowest BCUT2D eigenvalue weighted by molar-refractivity contribution is 0.421. The van der Waals surface area contributed by atoms with Gasteiger partial charge in [-0.1, -0.05) is 54.6 Å². The summed E-state index contributed by atoms with van der Waals surface area (Å²) in [4.78, 5) is 0. The number of benzene rings is 2. The Bertz CT molecular complexity index is 507. The summed E-state index contributed by atoms with van der Waals surface area (Å²) in [5.74, 6) is 0. The molecule has 0 aliphatic carbocycles. The van der Waals surface area contributed by atoms with Crippen LogP contribution < -0.4 is 11.1 Å². The fourth-order valence-corrected chi connectivity index (χ4v) is 2.53. The maximum atomic E-state index is 6.36. The van der Waals surface area contributed by atoms with E-state index in [0.717, 1.165) is 6.54 Å². The van der Waals surface area contributed by atoms with Gasteiger partial charge in [0.1, 0.15) is 0 Å². The van der Waals surface area contributed by atoms with Gasteiger partial charge in [-0.2, -0.15) is 0 Å². The van der Waals surface area contributed by atoms with Crippen molar-refractivity contribution in [1.29, 1.82) is 0 Å². The van der Waals surface area contributed by atoms with Gasteiger partial charge >= 0.3 is 0 Å². The molecule has 0 bridgehead atoms. The van der Waals surface area contributed by atoms with E-state index < -0.39 is 0 Å². The Morgan fingerprint density at radius 1 is 0.941 bits per heavy atom. The second-order valence-corrected chi connectivity index (χ2v) is 4.49. The van der Waals surface area contributed by atoms with E-state index >= 15 is 0 Å². The van der Waals surface area contributed by atoms with E-state index in [9.17, 15) is 0 Å². The molecule has 0 saturated heterocycles. The zero-order valence-corrected chi connectivity index (χ0v) is 9.64. The standard InChI is InChI=1S/C15H16N2/c16-14-13-9-5-4-8-12(13)10-17-15(14)11-6-2-1-3-7-11/h1-9,14-15,17H,10,16H2/t14-,15+/m1/s1. The number of hydrogen-bond acceptors (Lipinski definition) is 2. The first-order valence-electron chi connectivity index (χ1n) is 5.98. The summed E-state index contributed by atoms with van der Waals surface area (Å²) in [6.45, 7) is 0.892. The molecule has 0 radical (unpaired) electrons. The SMILES string of the molecule is N[C@@H]1c2ccccc2CN[C@H]1c1ccccc1. The van der Waals surface area contributed by atoms with Gasteiger partial charge in [0.15, 0.2) is 0 Å². The lowest BCUT2D eigenvalue weighted by atomic mass is 9.88. The normalized spacial score (nSPS) is 23.1. The lowest BCUT2D eigenvalue weighted by Crippen LogP contribution is -2.36. The molecule has 1 aliphatic rings. The highest BCUT2D eigenvalue weighted by Gasteiger charge is 2.26. The van der Waals surface area contributed by atoms with Gasteiger partial charge in [-0.3, -0.25) is 0 Å². The number of fused-ring (bicyclic) bond motifs is 1. The minimum absolute atomic E-state index is 0.0300. The fourth-order valence-electron chi connectivity index (χ4n) is 2.53. The lowest BCUT2D eigenvalue weighted by Gasteiger charge is -2.32. The minimum Gasteiger partial charge on any atom is -0.322 e. The molecule has 2 aromatic rings. The largest absolute Gasteiger partial charge is 0.322 e. The highest BCUT2D eigenvalue weighted by atomic mass is 15.0. The van der Waals surface area contributed by atoms with Crippen LogP contribution in [0.25, 0.3) is 0 Å². The Balaban J connectivity index is 1.97. The number of hydrogen-bond donors (Lipinski definition) is 2. The van der Waals surface area contributed by atoms with E-state index in [1.165, 1.54) is 16.7 Å². The van der Waals surface area contributed by atoms with Gasteiger partial charge < -0.3 is 11.1 Å². The highest BCUT2D eigenvalue weighted by molar-refractivity contribution is 5.36. The zero-order chi connectivity index (χ0) is 11.7. The molecular formula is C15H16N2. The molecule has 0 amide bonds. The molecule has 3 N–H and O–H groups in total. The van der Waals surface area contributed by atoms with E-state index in [4.69, 9.17) is 5.73 Å². The van der Waals surface area contributed by atoms with Gasteiger partial charge in [0.2, 0.25) is 0 Å². The molecule has 2 nitrogen and oxygen atoms in total. The molecular weight excluding hydrogens is 208 g/mol. The first kappa shape index (κ1) is 10.5. The predicted molar refractivity (Wildman–Crippen MR) is 69.4 cm³/mol. The molecule has 0 unspecified atom stereocenters. The Hall–Kier alpha value is -1.64. The van der Waals surface area contributed by atoms with Gasteiger partial charge in [-0.05, 0) is 16.7 Å². The minimum atomic E-state index is 0.0300. The molecule has 0 fully saturated rings. The molecule has 2 atom stereocenters. The Labute approximate surface area is 101 Å². The molecule has 3 rings (SSSR count). The second kappa shape index (κ2) is 4.32. The van der Waals surface area contributed by atoms with Crippen LogP contribution in [0.4, 0.5) is 0 Å². The maximum absolute atomic E-state index is 6.36. The fraction of sp³-hybridized carbons (Fsp3) is 0.200. The maximum Gasteiger partial charge on any atom is 0.0518 e. The van der Waals surface area contributed by atoms with Crippen molar-refractivity contribution in [3.8, 4) is 0 Å². The summed E-state index contributed by atoms with van der Waals surface area (Å²) in [7, 11) is 0. The van der Waals surface area contributed by atoms with Crippen molar-refractivity contribution in [1.82, 2.24) is 5.32 Å². The predicted octanol–water partition coefficient (Wildman–Crippen LogP) is 2.53. The third kappa shape index (κ3) is 1.86. The first-order chi connectivity index (χ1) is 8.36. The van der Waals surface area contributed by atoms with Gasteiger partial charge in [0, 0.05) is 12.6 Å². The van der Waals surface area contributed by atoms with E-state index in [2.05, 4.69) is 53.8 Å². The van der Waals surface area contributed by atoms with E-state index in [-0.39, 0.29) is 12.1 Å². The summed E-state index contributed by atoms with van der Waals surface area (Å²) in [6.07, 6.45) is 0. The van der Waals surface area contributed by atoms with Crippen molar-refractivity contribution in [3.05, 3.63) is 71.3 Å². The monoisotopic (exact) mass is 224 g/mol. The van der Waals surface area contributed by atoms with Crippen LogP contribution in [0, 0.1) is 0 Å². The summed E-state index contributed by atoms with van der Waals surface area (Å²) in [5, 5.41) is 3.52. The Kier molecular flexibility index (Phi) is 2.67. The Morgan fingerprint density at radius 3 is 2.47 bits per heavy atom. The average Bonchev–Trinajstić information content (AvgIpc) is 2.40. The van der Waals surface area contributed by atoms with Crippen molar-refractivity contribution in [2.75, 3.05) is 0 Å². The van der Waals surface area contributed by atoms with Crippen molar-refractivity contribution >= 4 is 0 Å². The quantitative estimate of drug-likeness (QED) is 0.781. The molecule has 0 saturated carbocycles. The summed E-state index contributed by atoms with van der Waals surface area (Å²) >= 11 is 0. The van der Waals surface area contributed by atoms with Crippen LogP contribution in [0.1, 0.15) is 28.8 Å². The summed E-state index contributed by atoms with van der Waals surface area (Å²) in [6, 6.07) is 19.1. The molecule has 0 spiro atoms. The van der Waals surface area contributed by atoms with Crippen LogP contribution in [0.3, 0.4) is 0 Å². The van der Waals surface area contributed by atoms with E-state index in [1.807, 2.05) is 6.07 Å². The molecule has 86 valence electrons. The molecule has 17 heavy (non-hydrogen) atoms. The average molecular weight is 224 g/mol. The van der Waals surface area contributed by atoms with Gasteiger partial charge in [-0.25, -0.2) is 0 Å². The van der Waals surface area contributed by atoms with Gasteiger partial charge in [-0.15, -0.1) is 0 Å². The highest BCUT2D eigenvalue weighted by Crippen LogP contribution is 2.32. The summed E-state index contributed by atoms with van der Waals surface area (Å²) in [5.41, 5.74) is 10.2. The summed E-state index contributed by atoms with van der Waals surface area (Å²) < 4.78 is 0. The van der Waals surface area contributed by atoms with Crippen molar-refractivity contribution in [2.24, 2.45) is 5.73 Å². The molecule has 2 aromatic carbocycles. The van der Waals surface area contributed by atoms with Crippen LogP contribution >= 0.6 is 0 Å². The smallest absolute Gasteiger partial charge is 0.0518 e. The number of rotatable bonds is 1. The van der Waals surface area contributed by atoms with Crippen molar-refractivity contribution in [3.63, 3.8) is 0 Å². The van der Waals surface area contributed by atoms with Crippen LogP contribution in [-0.2, 0) is 6.54 Å². The molecule has 1 heterocycles. The van der Waals surface area contributed by atoms with Crippen LogP contribution in [-0.4, -0.2) is 0 Å². The van der Waals surface area contributed by atoms with Crippen molar-refractivity contribution < 1.29 is 0 Å². The van der Waals surface area contributed by atoms with Gasteiger partial charge in [0.05, 0.1) is 6.04 Å². The van der Waals surface area contributed by atoms with E-state index in [0.29, 0.717) is 0 Å². The number of nitrogens with two attached hydrogens (primary N) is 1. The topological polar surface area (TPSA) is 38.0 Å². The molecule has 2 heteroatoms. The zero-order valence-electron chi connectivity index (χ0n) is 9.64. The number of nitrogens with one attached hydrogen (secondary N) is 1. The van der Waals surface area contributed by atoms with E-state index in [1.54, 1.807) is 0 Å². The van der Waals surface area contributed by atoms with Crippen molar-refractivity contribution in [2.45, 2.75) is 18.6 Å². The third-order valence-electron chi connectivity index (χ3n) is 3.44. The first-order valence-corrected chi connectivity index (χ1v) is 5.98. The molecule has 0 aromatic heterocycles. The third-order valence-corrected chi connectivity index (χ3v) is 3.44. The van der Waals surface area contributed by atoms with Crippen LogP contribution in [0.5, 0.6) is 0 Å². The van der Waals surface area contributed by atoms with Gasteiger partial charge in [0.25, 0.3) is 0 Å².